The molecule has 3 nitrogen and oxygen atoms in total. The van der Waals surface area contributed by atoms with Gasteiger partial charge in [0.25, 0.3) is 0 Å². The first-order chi connectivity index (χ1) is 18.4. The zero-order chi connectivity index (χ0) is 26.6. The second-order valence-electron chi connectivity index (χ2n) is 10.6. The summed E-state index contributed by atoms with van der Waals surface area (Å²) in [4.78, 5) is 9.80. The van der Waals surface area contributed by atoms with Gasteiger partial charge in [-0.25, -0.2) is 9.98 Å². The molecule has 1 atom stereocenters. The van der Waals surface area contributed by atoms with Crippen molar-refractivity contribution >= 4 is 22.8 Å². The van der Waals surface area contributed by atoms with Crippen LogP contribution in [0.3, 0.4) is 0 Å². The van der Waals surface area contributed by atoms with Gasteiger partial charge in [0.15, 0.2) is 5.84 Å². The summed E-state index contributed by atoms with van der Waals surface area (Å²) in [7, 11) is 0. The molecule has 3 heteroatoms. The topological polar surface area (TPSA) is 36.8 Å². The molecule has 0 amide bonds. The zero-order valence-corrected chi connectivity index (χ0v) is 23.3. The largest absolute Gasteiger partial charge is 0.381 e. The number of rotatable bonds is 7. The SMILES string of the molecule is C=C(C)/N=C(\N=C(/C)c1ccc2c(c1)C(CC)C1=CCCC=C12)c1ccc(NCC2=CCCC=C2)c(C)c1. The van der Waals surface area contributed by atoms with E-state index in [2.05, 4.69) is 99.4 Å². The first-order valence-electron chi connectivity index (χ1n) is 14.0. The molecule has 2 aromatic rings. The lowest BCUT2D eigenvalue weighted by molar-refractivity contribution is 0.788. The molecule has 0 spiro atoms. The van der Waals surface area contributed by atoms with Crippen molar-refractivity contribution in [1.29, 1.82) is 0 Å². The number of hydrogen-bond donors (Lipinski definition) is 1. The van der Waals surface area contributed by atoms with Gasteiger partial charge >= 0.3 is 0 Å². The van der Waals surface area contributed by atoms with Crippen LogP contribution in [0.25, 0.3) is 5.57 Å². The third-order valence-electron chi connectivity index (χ3n) is 7.72. The first-order valence-corrected chi connectivity index (χ1v) is 14.0. The van der Waals surface area contributed by atoms with Crippen molar-refractivity contribution in [2.24, 2.45) is 9.98 Å². The molecule has 5 rings (SSSR count). The second-order valence-corrected chi connectivity index (χ2v) is 10.6. The standard InChI is InChI=1S/C35H39N3/c1-6-29-30-14-10-11-15-31(30)32-18-16-27(21-33(29)32)25(5)38-35(37-23(2)3)28-17-19-34(24(4)20-28)36-22-26-12-8-7-9-13-26/h8,12-21,29,36H,2,6-7,9-11,22H2,1,3-5H3/b37-35-,38-25+. The van der Waals surface area contributed by atoms with Crippen molar-refractivity contribution in [3.8, 4) is 0 Å². The van der Waals surface area contributed by atoms with E-state index in [1.165, 1.54) is 33.4 Å². The van der Waals surface area contributed by atoms with Gasteiger partial charge in [-0.15, -0.1) is 0 Å². The molecule has 0 bridgehead atoms. The minimum absolute atomic E-state index is 0.482. The van der Waals surface area contributed by atoms with Gasteiger partial charge in [-0.2, -0.15) is 0 Å². The summed E-state index contributed by atoms with van der Waals surface area (Å²) in [6, 6.07) is 13.3. The Hall–Kier alpha value is -3.72. The predicted octanol–water partition coefficient (Wildman–Crippen LogP) is 9.08. The number of allylic oxidation sites excluding steroid dienone is 7. The highest BCUT2D eigenvalue weighted by Gasteiger charge is 2.31. The molecule has 0 aromatic heterocycles. The number of nitrogens with zero attached hydrogens (tertiary/aromatic N) is 2. The molecule has 0 heterocycles. The van der Waals surface area contributed by atoms with Crippen LogP contribution in [0.15, 0.2) is 100 Å². The Balaban J connectivity index is 1.42. The van der Waals surface area contributed by atoms with Gasteiger partial charge in [-0.05, 0) is 116 Å². The number of hydrogen-bond acceptors (Lipinski definition) is 2. The molecule has 0 fully saturated rings. The number of aryl methyl sites for hydroxylation is 1. The summed E-state index contributed by atoms with van der Waals surface area (Å²) in [5, 5.41) is 3.59. The fraction of sp³-hybridized carbons (Fsp3) is 0.314. The number of nitrogens with one attached hydrogen (secondary N) is 1. The average Bonchev–Trinajstić information content (AvgIpc) is 3.25. The summed E-state index contributed by atoms with van der Waals surface area (Å²) in [5.74, 6) is 1.18. The molecule has 3 aliphatic carbocycles. The Morgan fingerprint density at radius 1 is 0.947 bits per heavy atom. The molecule has 1 unspecified atom stereocenters. The number of benzene rings is 2. The van der Waals surface area contributed by atoms with Crippen LogP contribution in [-0.4, -0.2) is 18.1 Å². The number of fused-ring (bicyclic) bond motifs is 3. The van der Waals surface area contributed by atoms with E-state index in [9.17, 15) is 0 Å². The summed E-state index contributed by atoms with van der Waals surface area (Å²) in [6.07, 6.45) is 17.3. The minimum atomic E-state index is 0.482. The van der Waals surface area contributed by atoms with Crippen LogP contribution < -0.4 is 5.32 Å². The molecular formula is C35H39N3. The van der Waals surface area contributed by atoms with E-state index in [0.717, 1.165) is 66.9 Å². The summed E-state index contributed by atoms with van der Waals surface area (Å²) >= 11 is 0. The number of anilines is 1. The third-order valence-corrected chi connectivity index (χ3v) is 7.72. The van der Waals surface area contributed by atoms with Crippen molar-refractivity contribution in [3.63, 3.8) is 0 Å². The number of aliphatic imine (C=N–C) groups is 2. The molecule has 0 saturated heterocycles. The Kier molecular flexibility index (Phi) is 7.74. The van der Waals surface area contributed by atoms with Crippen molar-refractivity contribution in [1.82, 2.24) is 0 Å². The van der Waals surface area contributed by atoms with Crippen molar-refractivity contribution in [3.05, 3.63) is 118 Å². The average molecular weight is 502 g/mol. The fourth-order valence-electron chi connectivity index (χ4n) is 5.77. The zero-order valence-electron chi connectivity index (χ0n) is 23.3. The van der Waals surface area contributed by atoms with Crippen LogP contribution in [0.1, 0.15) is 86.6 Å². The molecule has 3 aliphatic rings. The van der Waals surface area contributed by atoms with Crippen LogP contribution in [-0.2, 0) is 0 Å². The van der Waals surface area contributed by atoms with Crippen LogP contribution in [0.5, 0.6) is 0 Å². The highest BCUT2D eigenvalue weighted by molar-refractivity contribution is 6.12. The first kappa shape index (κ1) is 25.9. The van der Waals surface area contributed by atoms with Gasteiger partial charge < -0.3 is 5.32 Å². The van der Waals surface area contributed by atoms with Gasteiger partial charge in [0.1, 0.15) is 0 Å². The highest BCUT2D eigenvalue weighted by atomic mass is 14.9. The van der Waals surface area contributed by atoms with Gasteiger partial charge in [0.2, 0.25) is 0 Å². The van der Waals surface area contributed by atoms with Gasteiger partial charge in [0, 0.05) is 35.1 Å². The maximum absolute atomic E-state index is 5.05. The van der Waals surface area contributed by atoms with Crippen molar-refractivity contribution in [2.45, 2.75) is 65.7 Å². The normalized spacial score (nSPS) is 18.8. The summed E-state index contributed by atoms with van der Waals surface area (Å²) < 4.78 is 0. The van der Waals surface area contributed by atoms with Gasteiger partial charge in [0.05, 0.1) is 0 Å². The highest BCUT2D eigenvalue weighted by Crippen LogP contribution is 2.49. The lowest BCUT2D eigenvalue weighted by Crippen LogP contribution is -2.08. The molecule has 0 radical (unpaired) electrons. The molecule has 2 aromatic carbocycles. The van der Waals surface area contributed by atoms with E-state index in [-0.39, 0.29) is 0 Å². The maximum Gasteiger partial charge on any atom is 0.159 e. The molecular weight excluding hydrogens is 462 g/mol. The van der Waals surface area contributed by atoms with E-state index in [1.807, 2.05) is 6.92 Å². The lowest BCUT2D eigenvalue weighted by atomic mass is 9.90. The van der Waals surface area contributed by atoms with Crippen LogP contribution >= 0.6 is 0 Å². The summed E-state index contributed by atoms with van der Waals surface area (Å²) in [6.45, 7) is 13.3. The fourth-order valence-corrected chi connectivity index (χ4v) is 5.77. The lowest BCUT2D eigenvalue weighted by Gasteiger charge is -2.14. The van der Waals surface area contributed by atoms with Crippen molar-refractivity contribution < 1.29 is 0 Å². The maximum atomic E-state index is 5.05. The minimum Gasteiger partial charge on any atom is -0.381 e. The van der Waals surface area contributed by atoms with E-state index in [4.69, 9.17) is 9.98 Å². The monoisotopic (exact) mass is 501 g/mol. The predicted molar refractivity (Wildman–Crippen MR) is 164 cm³/mol. The van der Waals surface area contributed by atoms with Crippen LogP contribution in [0.4, 0.5) is 5.69 Å². The Morgan fingerprint density at radius 3 is 2.47 bits per heavy atom. The van der Waals surface area contributed by atoms with Crippen LogP contribution in [0, 0.1) is 6.92 Å². The molecule has 194 valence electrons. The quantitative estimate of drug-likeness (QED) is 0.298. The Morgan fingerprint density at radius 2 is 1.74 bits per heavy atom. The van der Waals surface area contributed by atoms with Crippen molar-refractivity contribution in [2.75, 3.05) is 11.9 Å². The van der Waals surface area contributed by atoms with Crippen LogP contribution in [0.2, 0.25) is 0 Å². The third kappa shape index (κ3) is 5.43. The molecule has 0 saturated carbocycles. The van der Waals surface area contributed by atoms with E-state index >= 15 is 0 Å². The van der Waals surface area contributed by atoms with Gasteiger partial charge in [-0.3, -0.25) is 0 Å². The number of amidine groups is 1. The van der Waals surface area contributed by atoms with E-state index in [0.29, 0.717) is 11.8 Å². The molecule has 38 heavy (non-hydrogen) atoms. The Bertz CT molecular complexity index is 1440. The second kappa shape index (κ2) is 11.3. The van der Waals surface area contributed by atoms with E-state index < -0.39 is 0 Å². The van der Waals surface area contributed by atoms with E-state index in [1.54, 1.807) is 0 Å². The molecule has 0 aliphatic heterocycles. The Labute approximate surface area is 228 Å². The van der Waals surface area contributed by atoms with Gasteiger partial charge in [-0.1, -0.05) is 56.0 Å². The molecule has 1 N–H and O–H groups in total. The smallest absolute Gasteiger partial charge is 0.159 e. The summed E-state index contributed by atoms with van der Waals surface area (Å²) in [5.41, 5.74) is 13.3.